The summed E-state index contributed by atoms with van der Waals surface area (Å²) in [5.74, 6) is -0.261. The van der Waals surface area contributed by atoms with Crippen molar-refractivity contribution in [2.24, 2.45) is 5.92 Å². The number of aromatic nitrogens is 1. The van der Waals surface area contributed by atoms with E-state index < -0.39 is 0 Å². The van der Waals surface area contributed by atoms with E-state index in [0.717, 1.165) is 29.1 Å². The summed E-state index contributed by atoms with van der Waals surface area (Å²) in [6.07, 6.45) is 2.09. The van der Waals surface area contributed by atoms with E-state index in [1.54, 1.807) is 0 Å². The van der Waals surface area contributed by atoms with Crippen LogP contribution in [0.4, 0.5) is 15.6 Å². The first-order chi connectivity index (χ1) is 13.3. The third kappa shape index (κ3) is 4.90. The summed E-state index contributed by atoms with van der Waals surface area (Å²) < 4.78 is 5.13. The molecule has 0 bridgehead atoms. The van der Waals surface area contributed by atoms with Crippen molar-refractivity contribution in [2.75, 3.05) is 17.2 Å². The Labute approximate surface area is 169 Å². The van der Waals surface area contributed by atoms with Crippen LogP contribution in [0.1, 0.15) is 50.3 Å². The summed E-state index contributed by atoms with van der Waals surface area (Å²) in [5, 5.41) is 6.19. The number of aryl methyl sites for hydroxylation is 1. The molecule has 7 heteroatoms. The van der Waals surface area contributed by atoms with Gasteiger partial charge in [0.05, 0.1) is 18.2 Å². The second-order valence-electron chi connectivity index (χ2n) is 7.99. The van der Waals surface area contributed by atoms with Gasteiger partial charge in [0, 0.05) is 10.6 Å². The first-order valence-electron chi connectivity index (χ1n) is 9.60. The SMILES string of the molecule is CCOC(=O)C1CCc2nc(NC(=O)Nc3ccc(C(C)(C)C)cc3)sc2C1. The molecule has 1 aromatic heterocycles. The minimum Gasteiger partial charge on any atom is -0.466 e. The number of anilines is 2. The van der Waals surface area contributed by atoms with Gasteiger partial charge in [0.15, 0.2) is 5.13 Å². The predicted molar refractivity (Wildman–Crippen MR) is 112 cm³/mol. The van der Waals surface area contributed by atoms with Crippen LogP contribution in [0.25, 0.3) is 0 Å². The van der Waals surface area contributed by atoms with Crippen molar-refractivity contribution < 1.29 is 14.3 Å². The van der Waals surface area contributed by atoms with Crippen LogP contribution in [-0.4, -0.2) is 23.6 Å². The molecule has 2 amide bonds. The molecule has 1 aromatic carbocycles. The van der Waals surface area contributed by atoms with Crippen LogP contribution in [-0.2, 0) is 27.8 Å². The lowest BCUT2D eigenvalue weighted by Gasteiger charge is -2.19. The zero-order valence-corrected chi connectivity index (χ0v) is 17.6. The molecule has 1 heterocycles. The Morgan fingerprint density at radius 3 is 2.57 bits per heavy atom. The number of carbonyl (C=O) groups is 2. The number of hydrogen-bond donors (Lipinski definition) is 2. The molecule has 0 fully saturated rings. The molecule has 0 aliphatic heterocycles. The number of rotatable bonds is 4. The Bertz CT molecular complexity index is 853. The molecule has 1 aliphatic rings. The minimum atomic E-state index is -0.323. The first-order valence-corrected chi connectivity index (χ1v) is 10.4. The average Bonchev–Trinajstić information content (AvgIpc) is 3.02. The topological polar surface area (TPSA) is 80.3 Å². The highest BCUT2D eigenvalue weighted by Crippen LogP contribution is 2.33. The number of hydrogen-bond acceptors (Lipinski definition) is 5. The molecule has 6 nitrogen and oxygen atoms in total. The summed E-state index contributed by atoms with van der Waals surface area (Å²) in [4.78, 5) is 29.8. The smallest absolute Gasteiger partial charge is 0.325 e. The molecule has 0 saturated heterocycles. The Balaban J connectivity index is 1.59. The summed E-state index contributed by atoms with van der Waals surface area (Å²) in [7, 11) is 0. The molecule has 2 N–H and O–H groups in total. The van der Waals surface area contributed by atoms with Crippen molar-refractivity contribution in [1.29, 1.82) is 0 Å². The maximum Gasteiger partial charge on any atom is 0.325 e. The summed E-state index contributed by atoms with van der Waals surface area (Å²) in [6, 6.07) is 7.52. The van der Waals surface area contributed by atoms with Gasteiger partial charge >= 0.3 is 12.0 Å². The number of esters is 1. The number of ether oxygens (including phenoxy) is 1. The zero-order chi connectivity index (χ0) is 20.3. The van der Waals surface area contributed by atoms with Gasteiger partial charge in [0.2, 0.25) is 0 Å². The van der Waals surface area contributed by atoms with E-state index in [1.165, 1.54) is 16.9 Å². The molecular weight excluding hydrogens is 374 g/mol. The molecule has 2 aromatic rings. The number of thiazole rings is 1. The zero-order valence-electron chi connectivity index (χ0n) is 16.8. The highest BCUT2D eigenvalue weighted by Gasteiger charge is 2.28. The summed E-state index contributed by atoms with van der Waals surface area (Å²) >= 11 is 1.43. The minimum absolute atomic E-state index is 0.0716. The summed E-state index contributed by atoms with van der Waals surface area (Å²) in [6.45, 7) is 8.67. The van der Waals surface area contributed by atoms with Gasteiger partial charge in [-0.1, -0.05) is 32.9 Å². The van der Waals surface area contributed by atoms with Gasteiger partial charge in [-0.3, -0.25) is 10.1 Å². The van der Waals surface area contributed by atoms with Crippen molar-refractivity contribution in [3.8, 4) is 0 Å². The van der Waals surface area contributed by atoms with Crippen molar-refractivity contribution in [3.63, 3.8) is 0 Å². The van der Waals surface area contributed by atoms with Gasteiger partial charge in [-0.05, 0) is 49.3 Å². The van der Waals surface area contributed by atoms with Crippen LogP contribution in [0.2, 0.25) is 0 Å². The lowest BCUT2D eigenvalue weighted by atomic mass is 9.87. The third-order valence-electron chi connectivity index (χ3n) is 4.79. The number of urea groups is 1. The first kappa shape index (κ1) is 20.3. The Morgan fingerprint density at radius 1 is 1.21 bits per heavy atom. The van der Waals surface area contributed by atoms with E-state index in [0.29, 0.717) is 18.2 Å². The molecule has 3 rings (SSSR count). The second-order valence-corrected chi connectivity index (χ2v) is 9.07. The predicted octanol–water partition coefficient (Wildman–Crippen LogP) is 4.75. The summed E-state index contributed by atoms with van der Waals surface area (Å²) in [5.41, 5.74) is 2.98. The van der Waals surface area contributed by atoms with Crippen molar-refractivity contribution in [1.82, 2.24) is 4.98 Å². The molecule has 28 heavy (non-hydrogen) atoms. The fourth-order valence-corrected chi connectivity index (χ4v) is 4.29. The van der Waals surface area contributed by atoms with Crippen LogP contribution in [0, 0.1) is 5.92 Å². The average molecular weight is 402 g/mol. The third-order valence-corrected chi connectivity index (χ3v) is 5.82. The lowest BCUT2D eigenvalue weighted by Crippen LogP contribution is -2.24. The molecule has 1 atom stereocenters. The van der Waals surface area contributed by atoms with Gasteiger partial charge in [0.25, 0.3) is 0 Å². The van der Waals surface area contributed by atoms with E-state index in [9.17, 15) is 9.59 Å². The fraction of sp³-hybridized carbons (Fsp3) is 0.476. The van der Waals surface area contributed by atoms with Crippen LogP contribution in [0.5, 0.6) is 0 Å². The molecule has 0 radical (unpaired) electrons. The van der Waals surface area contributed by atoms with Crippen molar-refractivity contribution >= 4 is 34.2 Å². The standard InChI is InChI=1S/C21H27N3O3S/c1-5-27-18(25)13-6-11-16-17(12-13)28-20(23-16)24-19(26)22-15-9-7-14(8-10-15)21(2,3)4/h7-10,13H,5-6,11-12H2,1-4H3,(H2,22,23,24,26). The lowest BCUT2D eigenvalue weighted by molar-refractivity contribution is -0.148. The second kappa shape index (κ2) is 8.31. The molecule has 0 saturated carbocycles. The van der Waals surface area contributed by atoms with Gasteiger partial charge < -0.3 is 10.1 Å². The number of amides is 2. The molecular formula is C21H27N3O3S. The van der Waals surface area contributed by atoms with Crippen LogP contribution >= 0.6 is 11.3 Å². The van der Waals surface area contributed by atoms with E-state index in [4.69, 9.17) is 4.74 Å². The number of nitrogens with one attached hydrogen (secondary N) is 2. The van der Waals surface area contributed by atoms with Crippen molar-refractivity contribution in [3.05, 3.63) is 40.4 Å². The maximum absolute atomic E-state index is 12.3. The monoisotopic (exact) mass is 401 g/mol. The largest absolute Gasteiger partial charge is 0.466 e. The van der Waals surface area contributed by atoms with Crippen LogP contribution in [0.3, 0.4) is 0 Å². The molecule has 150 valence electrons. The normalized spacial score (nSPS) is 16.2. The van der Waals surface area contributed by atoms with Crippen LogP contribution in [0.15, 0.2) is 24.3 Å². The van der Waals surface area contributed by atoms with Gasteiger partial charge in [-0.2, -0.15) is 0 Å². The Hall–Kier alpha value is -2.41. The molecule has 1 aliphatic carbocycles. The number of carbonyl (C=O) groups excluding carboxylic acids is 2. The van der Waals surface area contributed by atoms with Gasteiger partial charge in [-0.25, -0.2) is 9.78 Å². The highest BCUT2D eigenvalue weighted by molar-refractivity contribution is 7.15. The Kier molecular flexibility index (Phi) is 6.03. The Morgan fingerprint density at radius 2 is 1.93 bits per heavy atom. The van der Waals surface area contributed by atoms with E-state index in [1.807, 2.05) is 31.2 Å². The van der Waals surface area contributed by atoms with Gasteiger partial charge in [-0.15, -0.1) is 11.3 Å². The highest BCUT2D eigenvalue weighted by atomic mass is 32.1. The van der Waals surface area contributed by atoms with E-state index in [-0.39, 0.29) is 23.3 Å². The van der Waals surface area contributed by atoms with E-state index >= 15 is 0 Å². The quantitative estimate of drug-likeness (QED) is 0.724. The van der Waals surface area contributed by atoms with Gasteiger partial charge in [0.1, 0.15) is 0 Å². The number of benzene rings is 1. The van der Waals surface area contributed by atoms with Crippen LogP contribution < -0.4 is 10.6 Å². The molecule has 1 unspecified atom stereocenters. The fourth-order valence-electron chi connectivity index (χ4n) is 3.20. The molecule has 0 spiro atoms. The van der Waals surface area contributed by atoms with E-state index in [2.05, 4.69) is 36.4 Å². The van der Waals surface area contributed by atoms with Crippen molar-refractivity contribution in [2.45, 2.75) is 52.4 Å². The number of fused-ring (bicyclic) bond motifs is 1. The maximum atomic E-state index is 12.3. The number of nitrogens with zero attached hydrogens (tertiary/aromatic N) is 1.